The third kappa shape index (κ3) is 18.8. The van der Waals surface area contributed by atoms with Gasteiger partial charge in [-0.2, -0.15) is 13.2 Å². The molecule has 7 fully saturated rings. The largest absolute Gasteiger partial charge is 0.417 e. The number of nitrogens with zero attached hydrogens (tertiary/aromatic N) is 9. The summed E-state index contributed by atoms with van der Waals surface area (Å²) in [6, 6.07) is -4.28. The van der Waals surface area contributed by atoms with Crippen LogP contribution in [0, 0.1) is 17.8 Å². The second-order valence-corrected chi connectivity index (χ2v) is 30.6. The second kappa shape index (κ2) is 34.9. The Balaban J connectivity index is 1.17. The minimum atomic E-state index is -4.76. The van der Waals surface area contributed by atoms with Crippen LogP contribution in [-0.2, 0) is 70.1 Å². The molecule has 0 bridgehead atoms. The number of piperidine rings is 1. The summed E-state index contributed by atoms with van der Waals surface area (Å²) < 4.78 is 41.7. The van der Waals surface area contributed by atoms with Crippen molar-refractivity contribution in [2.24, 2.45) is 17.8 Å². The molecule has 1 aromatic rings. The molecule has 12 amide bonds. The van der Waals surface area contributed by atoms with Crippen LogP contribution in [-0.4, -0.2) is 251 Å². The van der Waals surface area contributed by atoms with Crippen molar-refractivity contribution >= 4 is 82.5 Å². The number of hydrogen-bond donors (Lipinski definition) is 3. The molecule has 7 atom stereocenters. The van der Waals surface area contributed by atoms with E-state index in [0.717, 1.165) is 79.7 Å². The number of benzene rings is 1. The Labute approximate surface area is 598 Å². The normalized spacial score (nSPS) is 27.2. The van der Waals surface area contributed by atoms with Crippen LogP contribution in [0.1, 0.15) is 198 Å². The average molecular weight is 1440 g/mol. The van der Waals surface area contributed by atoms with Gasteiger partial charge in [-0.3, -0.25) is 57.5 Å². The van der Waals surface area contributed by atoms with E-state index in [4.69, 9.17) is 11.6 Å². The van der Waals surface area contributed by atoms with E-state index in [1.54, 1.807) is 11.8 Å². The number of rotatable bonds is 9. The minimum Gasteiger partial charge on any atom is -0.343 e. The van der Waals surface area contributed by atoms with E-state index < -0.39 is 173 Å². The molecular formula is C73H110ClF3N12O12. The van der Waals surface area contributed by atoms with E-state index in [9.17, 15) is 37.1 Å². The lowest BCUT2D eigenvalue weighted by atomic mass is 9.81. The van der Waals surface area contributed by atoms with Gasteiger partial charge in [0.2, 0.25) is 70.9 Å². The van der Waals surface area contributed by atoms with Gasteiger partial charge in [0.1, 0.15) is 47.3 Å². The van der Waals surface area contributed by atoms with E-state index >= 15 is 33.6 Å². The van der Waals surface area contributed by atoms with E-state index in [0.29, 0.717) is 82.9 Å². The van der Waals surface area contributed by atoms with Crippen LogP contribution >= 0.6 is 11.6 Å². The predicted octanol–water partition coefficient (Wildman–Crippen LogP) is 6.32. The summed E-state index contributed by atoms with van der Waals surface area (Å²) in [5.41, 5.74) is -3.82. The van der Waals surface area contributed by atoms with Crippen LogP contribution < -0.4 is 16.0 Å². The van der Waals surface area contributed by atoms with Crippen molar-refractivity contribution in [2.75, 3.05) is 88.6 Å². The Hall–Kier alpha value is -7.06. The van der Waals surface area contributed by atoms with Crippen molar-refractivity contribution < 1.29 is 70.7 Å². The number of alkyl halides is 3. The Bertz CT molecular complexity index is 3180. The van der Waals surface area contributed by atoms with Gasteiger partial charge in [0.05, 0.1) is 36.6 Å². The van der Waals surface area contributed by atoms with Crippen LogP contribution in [0.5, 0.6) is 0 Å². The lowest BCUT2D eigenvalue weighted by molar-refractivity contribution is -0.158. The molecule has 3 saturated heterocycles. The molecule has 0 aromatic heterocycles. The number of aryl methyl sites for hydroxylation is 1. The predicted molar refractivity (Wildman–Crippen MR) is 372 cm³/mol. The van der Waals surface area contributed by atoms with Gasteiger partial charge in [0.25, 0.3) is 0 Å². The molecule has 3 N–H and O–H groups in total. The van der Waals surface area contributed by atoms with E-state index in [2.05, 4.69) is 16.0 Å². The quantitative estimate of drug-likeness (QED) is 0.245. The monoisotopic (exact) mass is 1440 g/mol. The molecule has 3 heterocycles. The van der Waals surface area contributed by atoms with Gasteiger partial charge < -0.3 is 60.0 Å². The summed E-state index contributed by atoms with van der Waals surface area (Å²) in [5, 5.41) is 8.29. The van der Waals surface area contributed by atoms with E-state index in [1.165, 1.54) is 84.8 Å². The van der Waals surface area contributed by atoms with Crippen molar-refractivity contribution in [2.45, 2.75) is 247 Å². The second-order valence-electron chi connectivity index (χ2n) is 30.2. The Morgan fingerprint density at radius 1 is 0.624 bits per heavy atom. The van der Waals surface area contributed by atoms with E-state index in [-0.39, 0.29) is 63.8 Å². The van der Waals surface area contributed by atoms with Gasteiger partial charge >= 0.3 is 6.18 Å². The maximum absolute atomic E-state index is 15.9. The number of hydrogen-bond acceptors (Lipinski definition) is 12. The van der Waals surface area contributed by atoms with Crippen LogP contribution in [0.2, 0.25) is 5.02 Å². The first-order valence-electron chi connectivity index (χ1n) is 37.0. The number of carbonyl (C=O) groups is 12. The molecule has 3 aliphatic heterocycles. The number of nitrogens with one attached hydrogen (secondary N) is 3. The highest BCUT2D eigenvalue weighted by molar-refractivity contribution is 6.31. The maximum Gasteiger partial charge on any atom is 0.417 e. The molecule has 0 unspecified atom stereocenters. The average Bonchev–Trinajstić information content (AvgIpc) is 1.71. The van der Waals surface area contributed by atoms with Crippen LogP contribution in [0.3, 0.4) is 0 Å². The Morgan fingerprint density at radius 2 is 1.22 bits per heavy atom. The number of halogens is 4. The lowest BCUT2D eigenvalue weighted by Gasteiger charge is -2.44. The zero-order valence-corrected chi connectivity index (χ0v) is 61.7. The van der Waals surface area contributed by atoms with Gasteiger partial charge in [-0.05, 0) is 125 Å². The first-order chi connectivity index (χ1) is 47.8. The smallest absolute Gasteiger partial charge is 0.343 e. The summed E-state index contributed by atoms with van der Waals surface area (Å²) in [6.45, 7) is 2.79. The van der Waals surface area contributed by atoms with Gasteiger partial charge in [-0.1, -0.05) is 115 Å². The van der Waals surface area contributed by atoms with Crippen molar-refractivity contribution in [3.8, 4) is 0 Å². The molecule has 4 aliphatic carbocycles. The summed E-state index contributed by atoms with van der Waals surface area (Å²) >= 11 is 6.17. The van der Waals surface area contributed by atoms with Crippen molar-refractivity contribution in [1.82, 2.24) is 60.0 Å². The topological polar surface area (TPSA) is 270 Å². The molecule has 28 heteroatoms. The highest BCUT2D eigenvalue weighted by atomic mass is 35.5. The molecule has 101 heavy (non-hydrogen) atoms. The highest BCUT2D eigenvalue weighted by Crippen LogP contribution is 2.40. The molecule has 8 rings (SSSR count). The van der Waals surface area contributed by atoms with E-state index in [1.807, 2.05) is 6.92 Å². The third-order valence-electron chi connectivity index (χ3n) is 23.4. The summed E-state index contributed by atoms with van der Waals surface area (Å²) in [5.74, 6) is -8.30. The number of amides is 12. The number of carbonyl (C=O) groups excluding carboxylic acids is 12. The minimum absolute atomic E-state index is 0.0225. The van der Waals surface area contributed by atoms with Gasteiger partial charge in [0, 0.05) is 69.0 Å². The SMILES string of the molecule is CC[C@H](C)[C@@H]1NC(=O)C2(CCCC2)N(C)C(=O)C[C@@H](C(=O)N2CCCCC2)N(C)C(=O)[C@H](C2CCCCC2)N(C)C(=O)C2(CCCC2)NC(=O)[C@@H]2CCCN2C(=O)[C@H](CCc2ccc(C(F)(F)F)c(Cl)c2)NC(=O)CN(C)C(=O)[C@H](CC2CCCCC2)N(C)C(=O)CN(C)C(=O)CN(C)C1=O. The zero-order chi connectivity index (χ0) is 73.8. The first kappa shape index (κ1) is 79.6. The number of fused-ring (bicyclic) bond motifs is 1. The standard InChI is InChI=1S/C73H110ClF3N12O12/c1-10-47(2)61-67(98)83(5)45-59(92)81(3)46-60(93)84(6)55(42-48-25-14-11-15-26-48)65(96)82(4)44-57(90)78-53(33-31-49-30-32-51(52(74)41-49)73(75,76)77)64(95)89-40-24-29-54(89)63(94)80-71(34-18-19-35-71)70(101)86(8)62(50-27-16-12-17-28-50)68(99)85(7)56(66(97)88-38-22-13-23-39-88)43-58(91)87(9)72(69(100)79-61)36-20-21-37-72/h30,32,41,47-48,50,53-56,61-62H,10-29,31,33-40,42-46H2,1-9H3,(H,78,90)(H,79,100)(H,80,94)/t47-,53-,54-,55-,56-,61-,62-/m0/s1. The Morgan fingerprint density at radius 3 is 1.83 bits per heavy atom. The highest BCUT2D eigenvalue weighted by Gasteiger charge is 2.53. The Kier molecular flexibility index (Phi) is 27.6. The molecule has 0 radical (unpaired) electrons. The van der Waals surface area contributed by atoms with Gasteiger partial charge in [0.15, 0.2) is 0 Å². The van der Waals surface area contributed by atoms with Gasteiger partial charge in [-0.15, -0.1) is 0 Å². The zero-order valence-electron chi connectivity index (χ0n) is 60.9. The molecule has 24 nitrogen and oxygen atoms in total. The van der Waals surface area contributed by atoms with Crippen molar-refractivity contribution in [3.05, 3.63) is 34.3 Å². The summed E-state index contributed by atoms with van der Waals surface area (Å²) in [4.78, 5) is 192. The van der Waals surface area contributed by atoms with Crippen LogP contribution in [0.25, 0.3) is 0 Å². The summed E-state index contributed by atoms with van der Waals surface area (Å²) in [6.07, 6.45) is 8.66. The molecule has 1 aromatic carbocycles. The molecule has 2 spiro atoms. The maximum atomic E-state index is 15.9. The van der Waals surface area contributed by atoms with Crippen LogP contribution in [0.15, 0.2) is 18.2 Å². The van der Waals surface area contributed by atoms with Gasteiger partial charge in [-0.25, -0.2) is 0 Å². The third-order valence-corrected chi connectivity index (χ3v) is 23.7. The fourth-order valence-electron chi connectivity index (χ4n) is 16.7. The number of likely N-dealkylation sites (N-methyl/N-ethyl adjacent to an activating group) is 7. The molecular weight excluding hydrogens is 1330 g/mol. The molecule has 562 valence electrons. The lowest BCUT2D eigenvalue weighted by Crippen LogP contribution is -2.65. The summed E-state index contributed by atoms with van der Waals surface area (Å²) in [7, 11) is 10.1. The molecule has 7 aliphatic rings. The van der Waals surface area contributed by atoms with Crippen molar-refractivity contribution in [3.63, 3.8) is 0 Å². The first-order valence-corrected chi connectivity index (χ1v) is 37.4. The fourth-order valence-corrected chi connectivity index (χ4v) is 17.0. The van der Waals surface area contributed by atoms with Crippen molar-refractivity contribution in [1.29, 1.82) is 0 Å². The fraction of sp³-hybridized carbons (Fsp3) is 0.753. The van der Waals surface area contributed by atoms with Crippen LogP contribution in [0.4, 0.5) is 13.2 Å². The molecule has 4 saturated carbocycles. The number of likely N-dealkylation sites (tertiary alicyclic amines) is 1.